The standard InChI is InChI=1S/C21H22N2O3/c1-26-17-11-9-15(10-12-17)20(24)7-4-8-21(25)23-14-16-13-22-19-6-3-2-5-18(16)19/h2-3,5-6,9-13,22H,4,7-8,14H2,1H3,(H,23,25). The zero-order valence-corrected chi connectivity index (χ0v) is 14.7. The summed E-state index contributed by atoms with van der Waals surface area (Å²) in [6.45, 7) is 0.481. The lowest BCUT2D eigenvalue weighted by atomic mass is 10.1. The molecule has 1 heterocycles. The van der Waals surface area contributed by atoms with Crippen LogP contribution in [0.4, 0.5) is 0 Å². The monoisotopic (exact) mass is 350 g/mol. The Morgan fingerprint density at radius 1 is 1.04 bits per heavy atom. The van der Waals surface area contributed by atoms with Crippen molar-refractivity contribution < 1.29 is 14.3 Å². The molecule has 0 spiro atoms. The highest BCUT2D eigenvalue weighted by Crippen LogP contribution is 2.17. The van der Waals surface area contributed by atoms with Crippen molar-refractivity contribution in [3.63, 3.8) is 0 Å². The lowest BCUT2D eigenvalue weighted by Gasteiger charge is -2.05. The SMILES string of the molecule is COc1ccc(C(=O)CCCC(=O)NCc2c[nH]c3ccccc23)cc1. The van der Waals surface area contributed by atoms with E-state index in [0.717, 1.165) is 22.2 Å². The van der Waals surface area contributed by atoms with E-state index in [-0.39, 0.29) is 11.7 Å². The van der Waals surface area contributed by atoms with Gasteiger partial charge in [-0.05, 0) is 42.3 Å². The van der Waals surface area contributed by atoms with Crippen LogP contribution in [0.2, 0.25) is 0 Å². The summed E-state index contributed by atoms with van der Waals surface area (Å²) in [7, 11) is 1.59. The molecule has 5 heteroatoms. The normalized spacial score (nSPS) is 10.7. The number of Topliss-reactive ketones (excluding diaryl/α,β-unsaturated/α-hetero) is 1. The summed E-state index contributed by atoms with van der Waals surface area (Å²) in [4.78, 5) is 27.4. The van der Waals surface area contributed by atoms with Crippen LogP contribution in [0, 0.1) is 0 Å². The van der Waals surface area contributed by atoms with Gasteiger partial charge in [-0.1, -0.05) is 18.2 Å². The summed E-state index contributed by atoms with van der Waals surface area (Å²) in [6.07, 6.45) is 3.14. The van der Waals surface area contributed by atoms with Gasteiger partial charge in [0.15, 0.2) is 5.78 Å². The van der Waals surface area contributed by atoms with E-state index in [9.17, 15) is 9.59 Å². The van der Waals surface area contributed by atoms with Crippen LogP contribution < -0.4 is 10.1 Å². The van der Waals surface area contributed by atoms with Gasteiger partial charge in [0.25, 0.3) is 0 Å². The molecule has 3 rings (SSSR count). The molecule has 0 aliphatic carbocycles. The minimum absolute atomic E-state index is 0.0390. The first kappa shape index (κ1) is 17.7. The molecule has 0 unspecified atom stereocenters. The molecule has 0 radical (unpaired) electrons. The van der Waals surface area contributed by atoms with Crippen LogP contribution >= 0.6 is 0 Å². The molecule has 0 saturated heterocycles. The third kappa shape index (κ3) is 4.30. The zero-order valence-electron chi connectivity index (χ0n) is 14.7. The second-order valence-electron chi connectivity index (χ2n) is 6.14. The Balaban J connectivity index is 1.43. The number of rotatable bonds is 8. The number of nitrogens with one attached hydrogen (secondary N) is 2. The Bertz CT molecular complexity index is 897. The molecule has 5 nitrogen and oxygen atoms in total. The predicted molar refractivity (Wildman–Crippen MR) is 101 cm³/mol. The number of para-hydroxylation sites is 1. The smallest absolute Gasteiger partial charge is 0.220 e. The van der Waals surface area contributed by atoms with Gasteiger partial charge >= 0.3 is 0 Å². The van der Waals surface area contributed by atoms with E-state index in [0.29, 0.717) is 31.4 Å². The van der Waals surface area contributed by atoms with Gasteiger partial charge in [0, 0.05) is 42.0 Å². The summed E-state index contributed by atoms with van der Waals surface area (Å²) in [5.74, 6) is 0.716. The summed E-state index contributed by atoms with van der Waals surface area (Å²) >= 11 is 0. The number of hydrogen-bond donors (Lipinski definition) is 2. The molecule has 1 amide bonds. The van der Waals surface area contributed by atoms with Crippen LogP contribution in [0.3, 0.4) is 0 Å². The van der Waals surface area contributed by atoms with Gasteiger partial charge in [-0.3, -0.25) is 9.59 Å². The predicted octanol–water partition coefficient (Wildman–Crippen LogP) is 3.85. The molecule has 2 N–H and O–H groups in total. The Labute approximate surface area is 152 Å². The Morgan fingerprint density at radius 2 is 1.81 bits per heavy atom. The number of benzene rings is 2. The fourth-order valence-electron chi connectivity index (χ4n) is 2.89. The number of ketones is 1. The third-order valence-electron chi connectivity index (χ3n) is 4.37. The number of aromatic amines is 1. The number of methoxy groups -OCH3 is 1. The van der Waals surface area contributed by atoms with Crippen molar-refractivity contribution in [1.82, 2.24) is 10.3 Å². The van der Waals surface area contributed by atoms with Crippen molar-refractivity contribution in [3.05, 3.63) is 65.9 Å². The number of hydrogen-bond acceptors (Lipinski definition) is 3. The Hall–Kier alpha value is -3.08. The molecule has 134 valence electrons. The minimum Gasteiger partial charge on any atom is -0.497 e. The maximum absolute atomic E-state index is 12.1. The van der Waals surface area contributed by atoms with Crippen molar-refractivity contribution in [1.29, 1.82) is 0 Å². The van der Waals surface area contributed by atoms with Gasteiger partial charge in [-0.2, -0.15) is 0 Å². The van der Waals surface area contributed by atoms with E-state index < -0.39 is 0 Å². The van der Waals surface area contributed by atoms with Crippen LogP contribution in [0.25, 0.3) is 10.9 Å². The third-order valence-corrected chi connectivity index (χ3v) is 4.37. The quantitative estimate of drug-likeness (QED) is 0.606. The molecule has 0 atom stereocenters. The second kappa shape index (κ2) is 8.34. The maximum Gasteiger partial charge on any atom is 0.220 e. The van der Waals surface area contributed by atoms with Gasteiger partial charge in [0.1, 0.15) is 5.75 Å². The summed E-state index contributed by atoms with van der Waals surface area (Å²) in [6, 6.07) is 15.0. The summed E-state index contributed by atoms with van der Waals surface area (Å²) in [5.41, 5.74) is 2.76. The number of fused-ring (bicyclic) bond motifs is 1. The lowest BCUT2D eigenvalue weighted by molar-refractivity contribution is -0.121. The molecular formula is C21H22N2O3. The highest BCUT2D eigenvalue weighted by Gasteiger charge is 2.09. The number of carbonyl (C=O) groups excluding carboxylic acids is 2. The average molecular weight is 350 g/mol. The number of aromatic nitrogens is 1. The van der Waals surface area contributed by atoms with Crippen LogP contribution in [0.15, 0.2) is 54.7 Å². The molecule has 0 aliphatic heterocycles. The van der Waals surface area contributed by atoms with E-state index >= 15 is 0 Å². The largest absolute Gasteiger partial charge is 0.497 e. The first-order valence-corrected chi connectivity index (χ1v) is 8.66. The Kier molecular flexibility index (Phi) is 5.69. The number of amides is 1. The van der Waals surface area contributed by atoms with E-state index in [1.54, 1.807) is 31.4 Å². The molecule has 0 aliphatic rings. The van der Waals surface area contributed by atoms with E-state index in [1.165, 1.54) is 0 Å². The van der Waals surface area contributed by atoms with Crippen LogP contribution in [-0.2, 0) is 11.3 Å². The molecule has 0 saturated carbocycles. The van der Waals surface area contributed by atoms with Gasteiger partial charge in [0.2, 0.25) is 5.91 Å². The summed E-state index contributed by atoms with van der Waals surface area (Å²) in [5, 5.41) is 4.03. The van der Waals surface area contributed by atoms with Crippen LogP contribution in [0.1, 0.15) is 35.2 Å². The van der Waals surface area contributed by atoms with Crippen molar-refractivity contribution >= 4 is 22.6 Å². The fourth-order valence-corrected chi connectivity index (χ4v) is 2.89. The maximum atomic E-state index is 12.1. The van der Waals surface area contributed by atoms with Crippen molar-refractivity contribution in [3.8, 4) is 5.75 Å². The molecule has 26 heavy (non-hydrogen) atoms. The Morgan fingerprint density at radius 3 is 2.58 bits per heavy atom. The fraction of sp³-hybridized carbons (Fsp3) is 0.238. The molecular weight excluding hydrogens is 328 g/mol. The van der Waals surface area contributed by atoms with E-state index in [4.69, 9.17) is 4.74 Å². The molecule has 0 fully saturated rings. The molecule has 0 bridgehead atoms. The minimum atomic E-state index is -0.0437. The van der Waals surface area contributed by atoms with Crippen molar-refractivity contribution in [2.75, 3.05) is 7.11 Å². The summed E-state index contributed by atoms with van der Waals surface area (Å²) < 4.78 is 5.08. The van der Waals surface area contributed by atoms with Gasteiger partial charge in [-0.15, -0.1) is 0 Å². The van der Waals surface area contributed by atoms with Gasteiger partial charge in [-0.25, -0.2) is 0 Å². The first-order valence-electron chi connectivity index (χ1n) is 8.66. The molecule has 2 aromatic carbocycles. The highest BCUT2D eigenvalue weighted by molar-refractivity contribution is 5.96. The molecule has 3 aromatic rings. The van der Waals surface area contributed by atoms with E-state index in [1.807, 2.05) is 30.5 Å². The van der Waals surface area contributed by atoms with Gasteiger partial charge < -0.3 is 15.0 Å². The number of carbonyl (C=O) groups is 2. The van der Waals surface area contributed by atoms with Crippen molar-refractivity contribution in [2.24, 2.45) is 0 Å². The second-order valence-corrected chi connectivity index (χ2v) is 6.14. The van der Waals surface area contributed by atoms with Crippen LogP contribution in [-0.4, -0.2) is 23.8 Å². The van der Waals surface area contributed by atoms with Gasteiger partial charge in [0.05, 0.1) is 7.11 Å². The van der Waals surface area contributed by atoms with E-state index in [2.05, 4.69) is 10.3 Å². The number of ether oxygens (including phenoxy) is 1. The molecule has 1 aromatic heterocycles. The topological polar surface area (TPSA) is 71.2 Å². The number of H-pyrrole nitrogens is 1. The van der Waals surface area contributed by atoms with Crippen LogP contribution in [0.5, 0.6) is 5.75 Å². The van der Waals surface area contributed by atoms with Crippen molar-refractivity contribution in [2.45, 2.75) is 25.8 Å². The lowest BCUT2D eigenvalue weighted by Crippen LogP contribution is -2.22. The average Bonchev–Trinajstić information content (AvgIpc) is 3.09. The first-order chi connectivity index (χ1) is 12.7. The zero-order chi connectivity index (χ0) is 18.4. The highest BCUT2D eigenvalue weighted by atomic mass is 16.5.